The summed E-state index contributed by atoms with van der Waals surface area (Å²) in [5.74, 6) is 0.310. The minimum absolute atomic E-state index is 0.0105. The lowest BCUT2D eigenvalue weighted by Gasteiger charge is -2.26. The van der Waals surface area contributed by atoms with Crippen LogP contribution in [0.1, 0.15) is 103 Å². The molecule has 3 nitrogen and oxygen atoms in total. The lowest BCUT2D eigenvalue weighted by atomic mass is 9.80. The fourth-order valence-electron chi connectivity index (χ4n) is 5.60. The minimum Gasteiger partial charge on any atom is -0.507 e. The lowest BCUT2D eigenvalue weighted by molar-refractivity contribution is 0.0469. The van der Waals surface area contributed by atoms with E-state index in [1.165, 1.54) is 22.3 Å². The summed E-state index contributed by atoms with van der Waals surface area (Å²) in [6.07, 6.45) is 26.8. The van der Waals surface area contributed by atoms with Crippen LogP contribution in [0.15, 0.2) is 95.7 Å². The van der Waals surface area contributed by atoms with Crippen molar-refractivity contribution < 1.29 is 14.6 Å². The van der Waals surface area contributed by atoms with Gasteiger partial charge in [0, 0.05) is 11.1 Å². The van der Waals surface area contributed by atoms with Crippen molar-refractivity contribution in [2.45, 2.75) is 99.5 Å². The van der Waals surface area contributed by atoms with Crippen molar-refractivity contribution in [1.29, 1.82) is 0 Å². The molecule has 0 unspecified atom stereocenters. The van der Waals surface area contributed by atoms with Gasteiger partial charge in [-0.15, -0.1) is 0 Å². The van der Waals surface area contributed by atoms with E-state index in [1.54, 1.807) is 0 Å². The van der Waals surface area contributed by atoms with Crippen LogP contribution in [0.3, 0.4) is 0 Å². The largest absolute Gasteiger partial charge is 0.507 e. The van der Waals surface area contributed by atoms with Gasteiger partial charge in [0.15, 0.2) is 0 Å². The van der Waals surface area contributed by atoms with Crippen LogP contribution in [0, 0.1) is 12.3 Å². The molecule has 0 amide bonds. The number of allylic oxidation sites excluding steroid dienone is 14. The highest BCUT2D eigenvalue weighted by molar-refractivity contribution is 5.80. The molecule has 0 heterocycles. The number of aromatic hydroxyl groups is 1. The number of ether oxygens (including phenoxy) is 2. The van der Waals surface area contributed by atoms with Crippen molar-refractivity contribution in [3.05, 3.63) is 118 Å². The maximum absolute atomic E-state index is 11.4. The fourth-order valence-corrected chi connectivity index (χ4v) is 5.60. The molecule has 0 bridgehead atoms. The molecule has 1 aromatic carbocycles. The Morgan fingerprint density at radius 2 is 1.70 bits per heavy atom. The SMILES string of the molecule is C=C(/C=C(\C=C(/CCC)COCCOCc1c(C)c(C(C)(C)C)cc(C2=CCC=CC=C2)c1O)C(C)(C)C)C1=CCCC=C1. The first-order valence-electron chi connectivity index (χ1n) is 16.4. The highest BCUT2D eigenvalue weighted by atomic mass is 16.5. The molecule has 3 heteroatoms. The average molecular weight is 597 g/mol. The van der Waals surface area contributed by atoms with E-state index in [2.05, 4.69) is 117 Å². The molecule has 1 aromatic rings. The van der Waals surface area contributed by atoms with Gasteiger partial charge in [0.2, 0.25) is 0 Å². The molecule has 3 rings (SSSR count). The van der Waals surface area contributed by atoms with Gasteiger partial charge in [-0.1, -0.05) is 122 Å². The molecule has 0 spiro atoms. The van der Waals surface area contributed by atoms with Crippen LogP contribution in [0.5, 0.6) is 5.75 Å². The van der Waals surface area contributed by atoms with Gasteiger partial charge in [-0.05, 0) is 88.5 Å². The van der Waals surface area contributed by atoms with Crippen LogP contribution in [-0.4, -0.2) is 24.9 Å². The van der Waals surface area contributed by atoms with Gasteiger partial charge in [0.05, 0.1) is 26.4 Å². The van der Waals surface area contributed by atoms with E-state index in [9.17, 15) is 5.11 Å². The molecule has 1 N–H and O–H groups in total. The normalized spacial score (nSPS) is 16.2. The van der Waals surface area contributed by atoms with Crippen molar-refractivity contribution in [3.63, 3.8) is 0 Å². The van der Waals surface area contributed by atoms with E-state index >= 15 is 0 Å². The van der Waals surface area contributed by atoms with Crippen LogP contribution in [-0.2, 0) is 21.5 Å². The van der Waals surface area contributed by atoms with E-state index in [0.29, 0.717) is 32.2 Å². The average Bonchev–Trinajstić information content (AvgIpc) is 3.25. The Bertz CT molecular complexity index is 1370. The van der Waals surface area contributed by atoms with E-state index < -0.39 is 0 Å². The summed E-state index contributed by atoms with van der Waals surface area (Å²) in [5.41, 5.74) is 9.83. The molecule has 0 radical (unpaired) electrons. The molecule has 0 saturated carbocycles. The summed E-state index contributed by atoms with van der Waals surface area (Å²) < 4.78 is 12.3. The monoisotopic (exact) mass is 596 g/mol. The van der Waals surface area contributed by atoms with Crippen molar-refractivity contribution in [1.82, 2.24) is 0 Å². The second kappa shape index (κ2) is 16.3. The predicted octanol–water partition coefficient (Wildman–Crippen LogP) is 11.0. The molecular weight excluding hydrogens is 540 g/mol. The Labute approximate surface area is 268 Å². The highest BCUT2D eigenvalue weighted by Crippen LogP contribution is 2.39. The number of benzene rings is 1. The Kier molecular flexibility index (Phi) is 13.1. The van der Waals surface area contributed by atoms with Gasteiger partial charge < -0.3 is 14.6 Å². The molecule has 2 aliphatic carbocycles. The van der Waals surface area contributed by atoms with Gasteiger partial charge >= 0.3 is 0 Å². The Morgan fingerprint density at radius 1 is 0.955 bits per heavy atom. The molecule has 0 fully saturated rings. The van der Waals surface area contributed by atoms with Crippen LogP contribution >= 0.6 is 0 Å². The summed E-state index contributed by atoms with van der Waals surface area (Å²) in [7, 11) is 0. The summed E-state index contributed by atoms with van der Waals surface area (Å²) in [4.78, 5) is 0. The van der Waals surface area contributed by atoms with Crippen molar-refractivity contribution in [2.24, 2.45) is 5.41 Å². The van der Waals surface area contributed by atoms with Gasteiger partial charge in [0.25, 0.3) is 0 Å². The molecule has 2 aliphatic rings. The maximum atomic E-state index is 11.4. The second-order valence-corrected chi connectivity index (χ2v) is 14.0. The van der Waals surface area contributed by atoms with Crippen LogP contribution in [0.25, 0.3) is 5.57 Å². The highest BCUT2D eigenvalue weighted by Gasteiger charge is 2.24. The molecule has 44 heavy (non-hydrogen) atoms. The van der Waals surface area contributed by atoms with E-state index in [-0.39, 0.29) is 10.8 Å². The van der Waals surface area contributed by atoms with Gasteiger partial charge in [0.1, 0.15) is 5.75 Å². The molecule has 238 valence electrons. The van der Waals surface area contributed by atoms with Crippen molar-refractivity contribution >= 4 is 5.57 Å². The first-order valence-corrected chi connectivity index (χ1v) is 16.4. The number of rotatable bonds is 13. The van der Waals surface area contributed by atoms with E-state index in [1.807, 2.05) is 12.2 Å². The molecular formula is C41H56O3. The zero-order chi connectivity index (χ0) is 32.3. The van der Waals surface area contributed by atoms with Crippen LogP contribution in [0.2, 0.25) is 0 Å². The lowest BCUT2D eigenvalue weighted by Crippen LogP contribution is -2.16. The van der Waals surface area contributed by atoms with Gasteiger partial charge in [-0.2, -0.15) is 0 Å². The molecule has 0 aliphatic heterocycles. The third kappa shape index (κ3) is 10.2. The quantitative estimate of drug-likeness (QED) is 0.182. The summed E-state index contributed by atoms with van der Waals surface area (Å²) >= 11 is 0. The maximum Gasteiger partial charge on any atom is 0.129 e. The fraction of sp³-hybridized carbons (Fsp3) is 0.463. The van der Waals surface area contributed by atoms with E-state index in [4.69, 9.17) is 9.47 Å². The smallest absolute Gasteiger partial charge is 0.129 e. The Balaban J connectivity index is 1.68. The number of phenolic OH excluding ortho intramolecular Hbond substituents is 1. The minimum atomic E-state index is -0.0591. The molecule has 0 saturated heterocycles. The van der Waals surface area contributed by atoms with Crippen LogP contribution in [0.4, 0.5) is 0 Å². The number of hydrogen-bond donors (Lipinski definition) is 1. The van der Waals surface area contributed by atoms with Crippen molar-refractivity contribution in [3.8, 4) is 5.75 Å². The van der Waals surface area contributed by atoms with Crippen LogP contribution < -0.4 is 0 Å². The summed E-state index contributed by atoms with van der Waals surface area (Å²) in [5, 5.41) is 11.4. The summed E-state index contributed by atoms with van der Waals surface area (Å²) in [6, 6.07) is 2.15. The zero-order valence-corrected chi connectivity index (χ0v) is 28.7. The standard InChI is InChI=1S/C41H56O3/c1-10-18-32(26-35(40(4,5)6)25-30(2)33-19-16-13-17-20-33)28-43-23-24-44-29-37-31(3)38(41(7,8)9)27-36(39(37)42)34-21-14-11-12-15-22-34/h11-12,14,16,19-22,25-27,42H,2,10,13,15,17-18,23-24,28-29H2,1,3-9H3/b32-26+,35-25+. The first kappa shape index (κ1) is 35.3. The zero-order valence-electron chi connectivity index (χ0n) is 28.7. The topological polar surface area (TPSA) is 38.7 Å². The first-order chi connectivity index (χ1) is 20.8. The van der Waals surface area contributed by atoms with Gasteiger partial charge in [-0.25, -0.2) is 0 Å². The number of hydrogen-bond acceptors (Lipinski definition) is 3. The van der Waals surface area contributed by atoms with Gasteiger partial charge in [-0.3, -0.25) is 0 Å². The van der Waals surface area contributed by atoms with E-state index in [0.717, 1.165) is 59.9 Å². The molecule has 0 atom stereocenters. The number of phenols is 1. The molecule has 0 aromatic heterocycles. The Morgan fingerprint density at radius 3 is 2.36 bits per heavy atom. The Hall–Kier alpha value is -3.14. The second-order valence-electron chi connectivity index (χ2n) is 14.0. The third-order valence-corrected chi connectivity index (χ3v) is 8.20. The predicted molar refractivity (Wildman–Crippen MR) is 189 cm³/mol. The third-order valence-electron chi connectivity index (χ3n) is 8.20. The van der Waals surface area contributed by atoms with Crippen molar-refractivity contribution in [2.75, 3.05) is 19.8 Å². The summed E-state index contributed by atoms with van der Waals surface area (Å²) in [6.45, 7) is 23.9.